The van der Waals surface area contributed by atoms with Crippen molar-refractivity contribution in [2.75, 3.05) is 31.1 Å². The summed E-state index contributed by atoms with van der Waals surface area (Å²) in [6.45, 7) is 4.14. The van der Waals surface area contributed by atoms with Crippen molar-refractivity contribution in [3.8, 4) is 5.75 Å². The fraction of sp³-hybridized carbons (Fsp3) is 0.263. The zero-order valence-electron chi connectivity index (χ0n) is 14.2. The number of H-pyrrole nitrogens is 1. The van der Waals surface area contributed by atoms with Crippen molar-refractivity contribution >= 4 is 28.2 Å². The lowest BCUT2D eigenvalue weighted by molar-refractivity contribution is 0.244. The van der Waals surface area contributed by atoms with Gasteiger partial charge in [-0.05, 0) is 42.5 Å². The molecule has 2 heterocycles. The van der Waals surface area contributed by atoms with Gasteiger partial charge >= 0.3 is 0 Å². The minimum Gasteiger partial charge on any atom is -0.508 e. The van der Waals surface area contributed by atoms with Crippen LogP contribution in [0, 0.1) is 0 Å². The van der Waals surface area contributed by atoms with Crippen LogP contribution in [0.15, 0.2) is 47.3 Å². The zero-order valence-corrected chi connectivity index (χ0v) is 14.9. The highest BCUT2D eigenvalue weighted by molar-refractivity contribution is 6.31. The molecule has 2 N–H and O–H groups in total. The summed E-state index contributed by atoms with van der Waals surface area (Å²) in [4.78, 5) is 24.2. The number of phenols is 1. The van der Waals surface area contributed by atoms with Crippen LogP contribution in [-0.2, 0) is 6.54 Å². The summed E-state index contributed by atoms with van der Waals surface area (Å²) in [5, 5.41) is 10.4. The average molecular weight is 371 g/mol. The predicted molar refractivity (Wildman–Crippen MR) is 103 cm³/mol. The second-order valence-electron chi connectivity index (χ2n) is 6.45. The molecule has 6 nitrogen and oxygen atoms in total. The molecule has 0 amide bonds. The summed E-state index contributed by atoms with van der Waals surface area (Å²) in [5.41, 5.74) is 1.61. The molecular weight excluding hydrogens is 352 g/mol. The fourth-order valence-electron chi connectivity index (χ4n) is 3.27. The number of benzene rings is 2. The number of hydrogen-bond donors (Lipinski definition) is 2. The van der Waals surface area contributed by atoms with Crippen LogP contribution in [0.1, 0.15) is 5.82 Å². The first-order valence-electron chi connectivity index (χ1n) is 8.53. The molecule has 0 saturated carbocycles. The van der Waals surface area contributed by atoms with Gasteiger partial charge in [-0.1, -0.05) is 11.6 Å². The van der Waals surface area contributed by atoms with E-state index in [1.807, 2.05) is 12.1 Å². The standard InChI is InChI=1S/C19H19ClN4O2/c20-13-1-6-17-16(11-13)19(26)22-18(21-17)12-23-7-9-24(10-8-23)14-2-4-15(25)5-3-14/h1-6,11,25H,7-10,12H2,(H,21,22,26). The van der Waals surface area contributed by atoms with Crippen LogP contribution in [0.2, 0.25) is 5.02 Å². The largest absolute Gasteiger partial charge is 0.508 e. The molecule has 7 heteroatoms. The van der Waals surface area contributed by atoms with E-state index in [0.717, 1.165) is 31.9 Å². The Balaban J connectivity index is 1.44. The molecule has 1 aromatic heterocycles. The van der Waals surface area contributed by atoms with Crippen molar-refractivity contribution in [3.63, 3.8) is 0 Å². The number of anilines is 1. The minimum absolute atomic E-state index is 0.157. The number of fused-ring (bicyclic) bond motifs is 1. The lowest BCUT2D eigenvalue weighted by Crippen LogP contribution is -2.46. The Morgan fingerprint density at radius 2 is 1.81 bits per heavy atom. The summed E-state index contributed by atoms with van der Waals surface area (Å²) >= 11 is 5.95. The van der Waals surface area contributed by atoms with Gasteiger partial charge in [-0.25, -0.2) is 4.98 Å². The van der Waals surface area contributed by atoms with Crippen LogP contribution < -0.4 is 10.5 Å². The Hall–Kier alpha value is -2.57. The SMILES string of the molecule is O=c1[nH]c(CN2CCN(c3ccc(O)cc3)CC2)nc2ccc(Cl)cc12. The highest BCUT2D eigenvalue weighted by Gasteiger charge is 2.18. The van der Waals surface area contributed by atoms with Gasteiger partial charge in [0.25, 0.3) is 5.56 Å². The third-order valence-corrected chi connectivity index (χ3v) is 4.91. The number of piperazine rings is 1. The van der Waals surface area contributed by atoms with Crippen molar-refractivity contribution in [2.45, 2.75) is 6.54 Å². The molecular formula is C19H19ClN4O2. The summed E-state index contributed by atoms with van der Waals surface area (Å²) in [7, 11) is 0. The van der Waals surface area contributed by atoms with E-state index in [1.165, 1.54) is 0 Å². The van der Waals surface area contributed by atoms with Gasteiger partial charge in [0.15, 0.2) is 0 Å². The quantitative estimate of drug-likeness (QED) is 0.741. The Labute approximate surface area is 155 Å². The summed E-state index contributed by atoms with van der Waals surface area (Å²) in [6, 6.07) is 12.4. The van der Waals surface area contributed by atoms with Crippen LogP contribution in [0.3, 0.4) is 0 Å². The van der Waals surface area contributed by atoms with Gasteiger partial charge in [-0.3, -0.25) is 9.69 Å². The first-order valence-corrected chi connectivity index (χ1v) is 8.91. The number of hydrogen-bond acceptors (Lipinski definition) is 5. The van der Waals surface area contributed by atoms with Gasteiger partial charge in [-0.2, -0.15) is 0 Å². The first kappa shape index (κ1) is 16.9. The number of nitrogens with one attached hydrogen (secondary N) is 1. The van der Waals surface area contributed by atoms with Gasteiger partial charge in [0.2, 0.25) is 0 Å². The van der Waals surface area contributed by atoms with E-state index in [0.29, 0.717) is 28.3 Å². The Kier molecular flexibility index (Phi) is 4.53. The zero-order chi connectivity index (χ0) is 18.1. The van der Waals surface area contributed by atoms with Crippen molar-refractivity contribution in [1.82, 2.24) is 14.9 Å². The molecule has 0 bridgehead atoms. The van der Waals surface area contributed by atoms with E-state index in [1.54, 1.807) is 30.3 Å². The number of aromatic amines is 1. The minimum atomic E-state index is -0.157. The highest BCUT2D eigenvalue weighted by atomic mass is 35.5. The maximum atomic E-state index is 12.3. The number of nitrogens with zero attached hydrogens (tertiary/aromatic N) is 3. The molecule has 2 aromatic carbocycles. The lowest BCUT2D eigenvalue weighted by atomic mass is 10.2. The van der Waals surface area contributed by atoms with E-state index in [-0.39, 0.29) is 11.3 Å². The van der Waals surface area contributed by atoms with Gasteiger partial charge in [0.1, 0.15) is 11.6 Å². The Morgan fingerprint density at radius 1 is 1.08 bits per heavy atom. The van der Waals surface area contributed by atoms with E-state index in [9.17, 15) is 9.90 Å². The van der Waals surface area contributed by atoms with Gasteiger partial charge in [0.05, 0.1) is 17.4 Å². The van der Waals surface area contributed by atoms with Crippen LogP contribution in [0.4, 0.5) is 5.69 Å². The first-order chi connectivity index (χ1) is 12.6. The van der Waals surface area contributed by atoms with Crippen molar-refractivity contribution < 1.29 is 5.11 Å². The number of phenolic OH excluding ortho intramolecular Hbond substituents is 1. The smallest absolute Gasteiger partial charge is 0.258 e. The lowest BCUT2D eigenvalue weighted by Gasteiger charge is -2.35. The molecule has 0 radical (unpaired) electrons. The van der Waals surface area contributed by atoms with Crippen LogP contribution in [-0.4, -0.2) is 46.2 Å². The molecule has 26 heavy (non-hydrogen) atoms. The van der Waals surface area contributed by atoms with E-state index in [4.69, 9.17) is 11.6 Å². The normalized spacial score (nSPS) is 15.5. The molecule has 3 aromatic rings. The van der Waals surface area contributed by atoms with Gasteiger partial charge < -0.3 is 15.0 Å². The second-order valence-corrected chi connectivity index (χ2v) is 6.89. The number of aromatic nitrogens is 2. The van der Waals surface area contributed by atoms with Crippen molar-refractivity contribution in [3.05, 3.63) is 63.7 Å². The molecule has 1 fully saturated rings. The third kappa shape index (κ3) is 3.52. The van der Waals surface area contributed by atoms with Gasteiger partial charge in [-0.15, -0.1) is 0 Å². The number of aromatic hydroxyl groups is 1. The fourth-order valence-corrected chi connectivity index (χ4v) is 3.45. The topological polar surface area (TPSA) is 72.5 Å². The number of rotatable bonds is 3. The van der Waals surface area contributed by atoms with E-state index < -0.39 is 0 Å². The van der Waals surface area contributed by atoms with Crippen LogP contribution >= 0.6 is 11.6 Å². The van der Waals surface area contributed by atoms with Crippen molar-refractivity contribution in [2.24, 2.45) is 0 Å². The molecule has 4 rings (SSSR count). The van der Waals surface area contributed by atoms with Crippen LogP contribution in [0.25, 0.3) is 10.9 Å². The van der Waals surface area contributed by atoms with Crippen molar-refractivity contribution in [1.29, 1.82) is 0 Å². The Morgan fingerprint density at radius 3 is 2.54 bits per heavy atom. The average Bonchev–Trinajstić information content (AvgIpc) is 2.64. The number of halogens is 1. The van der Waals surface area contributed by atoms with E-state index in [2.05, 4.69) is 19.8 Å². The maximum Gasteiger partial charge on any atom is 0.258 e. The molecule has 134 valence electrons. The molecule has 1 saturated heterocycles. The van der Waals surface area contributed by atoms with E-state index >= 15 is 0 Å². The summed E-state index contributed by atoms with van der Waals surface area (Å²) in [6.07, 6.45) is 0. The summed E-state index contributed by atoms with van der Waals surface area (Å²) in [5.74, 6) is 0.947. The molecule has 1 aliphatic heterocycles. The third-order valence-electron chi connectivity index (χ3n) is 4.68. The van der Waals surface area contributed by atoms with Crippen LogP contribution in [0.5, 0.6) is 5.75 Å². The molecule has 1 aliphatic rings. The molecule has 0 spiro atoms. The predicted octanol–water partition coefficient (Wildman–Crippen LogP) is 2.60. The van der Waals surface area contributed by atoms with Gasteiger partial charge in [0, 0.05) is 36.9 Å². The molecule has 0 aliphatic carbocycles. The Bertz CT molecular complexity index is 979. The second kappa shape index (κ2) is 6.97. The monoisotopic (exact) mass is 370 g/mol. The summed E-state index contributed by atoms with van der Waals surface area (Å²) < 4.78 is 0. The highest BCUT2D eigenvalue weighted by Crippen LogP contribution is 2.20. The molecule has 0 atom stereocenters. The maximum absolute atomic E-state index is 12.3. The molecule has 0 unspecified atom stereocenters.